The quantitative estimate of drug-likeness (QED) is 0.164. The highest BCUT2D eigenvalue weighted by Gasteiger charge is 2.63. The van der Waals surface area contributed by atoms with E-state index in [0.717, 1.165) is 60.8 Å². The monoisotopic (exact) mass is 621 g/mol. The molecule has 1 spiro atoms. The van der Waals surface area contributed by atoms with E-state index in [9.17, 15) is 14.7 Å². The Morgan fingerprint density at radius 3 is 2.54 bits per heavy atom. The van der Waals surface area contributed by atoms with E-state index in [1.807, 2.05) is 53.4 Å². The van der Waals surface area contributed by atoms with Crippen LogP contribution in [-0.2, 0) is 15.9 Å². The summed E-state index contributed by atoms with van der Waals surface area (Å²) in [5.41, 5.74) is 5.75. The van der Waals surface area contributed by atoms with Crippen molar-refractivity contribution < 1.29 is 24.2 Å². The van der Waals surface area contributed by atoms with E-state index in [1.165, 1.54) is 5.57 Å². The molecule has 6 nitrogen and oxygen atoms in total. The van der Waals surface area contributed by atoms with Gasteiger partial charge in [0.05, 0.1) is 12.6 Å². The summed E-state index contributed by atoms with van der Waals surface area (Å²) in [5.74, 6) is 0.0130. The minimum Gasteiger partial charge on any atom is -0.440 e. The van der Waals surface area contributed by atoms with Crippen LogP contribution in [0.1, 0.15) is 91.8 Å². The number of ketones is 1. The predicted octanol–water partition coefficient (Wildman–Crippen LogP) is 8.12. The van der Waals surface area contributed by atoms with Gasteiger partial charge in [-0.25, -0.2) is 4.79 Å². The summed E-state index contributed by atoms with van der Waals surface area (Å²) in [5, 5.41) is 10.9. The highest BCUT2D eigenvalue weighted by atomic mass is 16.6. The highest BCUT2D eigenvalue weighted by Crippen LogP contribution is 2.61. The van der Waals surface area contributed by atoms with Crippen molar-refractivity contribution >= 4 is 11.9 Å². The molecule has 2 bridgehead atoms. The first kappa shape index (κ1) is 32.2. The molecule has 242 valence electrons. The van der Waals surface area contributed by atoms with Crippen molar-refractivity contribution in [3.05, 3.63) is 107 Å². The van der Waals surface area contributed by atoms with Crippen molar-refractivity contribution in [3.8, 4) is 11.1 Å². The third-order valence-electron chi connectivity index (χ3n) is 10.9. The fourth-order valence-corrected chi connectivity index (χ4v) is 8.15. The molecule has 0 radical (unpaired) electrons. The van der Waals surface area contributed by atoms with Gasteiger partial charge in [0, 0.05) is 36.8 Å². The molecule has 2 fully saturated rings. The second-order valence-corrected chi connectivity index (χ2v) is 13.8. The second kappa shape index (κ2) is 13.5. The summed E-state index contributed by atoms with van der Waals surface area (Å²) in [6.07, 6.45) is 7.59. The standard InChI is InChI=1S/C40H47NO5/c1-28-9-7-21-39(2)36(20-22-40(39)27-41(38(44)46-40)23-8-24-45-3)34-19-13-29(25-33(42)18-12-28)26-35(34)37(43)32-16-14-31(15-17-32)30-10-5-4-6-11-30/h4-6,9-11,13-17,19,26,33,36,42H,7-8,12,18,20-25,27H2,1-3H3/t33-,36+,39+,40-/m1/s1. The lowest BCUT2D eigenvalue weighted by Gasteiger charge is -2.43. The Hall–Kier alpha value is -3.74. The van der Waals surface area contributed by atoms with Crippen molar-refractivity contribution in [2.75, 3.05) is 26.8 Å². The van der Waals surface area contributed by atoms with Gasteiger partial charge in [0.1, 0.15) is 5.60 Å². The largest absolute Gasteiger partial charge is 0.440 e. The van der Waals surface area contributed by atoms with E-state index in [1.54, 1.807) is 7.11 Å². The van der Waals surface area contributed by atoms with Crippen molar-refractivity contribution in [3.63, 3.8) is 0 Å². The SMILES string of the molecule is COCCCN1C[C@@]2(CC[C@H]3c4ccc(cc4C(=O)c4ccc(-c5ccccc5)cc4)C[C@H](O)CCC(C)=CCC[C@@]32C)OC1=O. The maximum Gasteiger partial charge on any atom is 0.410 e. The number of ether oxygens (including phenoxy) is 2. The zero-order valence-corrected chi connectivity index (χ0v) is 27.5. The molecular formula is C40H47NO5. The maximum atomic E-state index is 14.4. The van der Waals surface area contributed by atoms with Gasteiger partial charge in [0.25, 0.3) is 0 Å². The first-order valence-corrected chi connectivity index (χ1v) is 16.9. The summed E-state index contributed by atoms with van der Waals surface area (Å²) in [6.45, 7) is 6.18. The molecule has 4 atom stereocenters. The summed E-state index contributed by atoms with van der Waals surface area (Å²) < 4.78 is 11.7. The van der Waals surface area contributed by atoms with Crippen LogP contribution in [0.4, 0.5) is 4.79 Å². The Kier molecular flexibility index (Phi) is 9.49. The molecule has 7 rings (SSSR count). The van der Waals surface area contributed by atoms with E-state index >= 15 is 0 Å². The normalized spacial score (nSPS) is 26.5. The Balaban J connectivity index is 1.40. The van der Waals surface area contributed by atoms with Gasteiger partial charge >= 0.3 is 6.09 Å². The number of aliphatic hydroxyl groups is 1. The lowest BCUT2D eigenvalue weighted by Crippen LogP contribution is -2.48. The summed E-state index contributed by atoms with van der Waals surface area (Å²) in [4.78, 5) is 29.6. The van der Waals surface area contributed by atoms with Crippen molar-refractivity contribution in [1.82, 2.24) is 4.90 Å². The summed E-state index contributed by atoms with van der Waals surface area (Å²) >= 11 is 0. The van der Waals surface area contributed by atoms with Crippen LogP contribution in [-0.4, -0.2) is 60.4 Å². The van der Waals surface area contributed by atoms with Gasteiger partial charge in [0.2, 0.25) is 0 Å². The fraction of sp³-hybridized carbons (Fsp3) is 0.450. The number of allylic oxidation sites excluding steroid dienone is 2. The molecule has 0 aromatic heterocycles. The Bertz CT molecular complexity index is 1580. The number of methoxy groups -OCH3 is 1. The predicted molar refractivity (Wildman–Crippen MR) is 181 cm³/mol. The van der Waals surface area contributed by atoms with E-state index in [0.29, 0.717) is 43.7 Å². The third kappa shape index (κ3) is 6.30. The Labute approximate surface area is 273 Å². The number of carbonyl (C=O) groups excluding carboxylic acids is 2. The molecule has 1 heterocycles. The molecule has 3 aromatic rings. The van der Waals surface area contributed by atoms with E-state index in [4.69, 9.17) is 9.47 Å². The average Bonchev–Trinajstić information content (AvgIpc) is 3.54. The molecule has 1 amide bonds. The molecule has 3 aromatic carbocycles. The van der Waals surface area contributed by atoms with E-state index in [2.05, 4.69) is 44.2 Å². The van der Waals surface area contributed by atoms with Crippen molar-refractivity contribution in [2.45, 2.75) is 82.8 Å². The zero-order chi connectivity index (χ0) is 32.3. The van der Waals surface area contributed by atoms with Crippen LogP contribution in [0, 0.1) is 5.41 Å². The number of nitrogens with zero attached hydrogens (tertiary/aromatic N) is 1. The molecule has 3 aliphatic carbocycles. The molecule has 1 saturated carbocycles. The van der Waals surface area contributed by atoms with Gasteiger partial charge < -0.3 is 19.5 Å². The first-order chi connectivity index (χ1) is 22.2. The van der Waals surface area contributed by atoms with Crippen LogP contribution in [0.25, 0.3) is 11.1 Å². The van der Waals surface area contributed by atoms with Gasteiger partial charge in [-0.3, -0.25) is 4.79 Å². The van der Waals surface area contributed by atoms with Crippen LogP contribution < -0.4 is 0 Å². The lowest BCUT2D eigenvalue weighted by atomic mass is 9.64. The van der Waals surface area contributed by atoms with Gasteiger partial charge in [-0.05, 0) is 92.5 Å². The molecule has 1 saturated heterocycles. The molecule has 0 unspecified atom stereocenters. The van der Waals surface area contributed by atoms with Crippen LogP contribution in [0.3, 0.4) is 0 Å². The Morgan fingerprint density at radius 2 is 1.78 bits per heavy atom. The molecule has 4 aliphatic rings. The zero-order valence-electron chi connectivity index (χ0n) is 27.5. The van der Waals surface area contributed by atoms with E-state index in [-0.39, 0.29) is 23.2 Å². The first-order valence-electron chi connectivity index (χ1n) is 16.9. The van der Waals surface area contributed by atoms with Gasteiger partial charge in [-0.2, -0.15) is 0 Å². The number of hydrogen-bond donors (Lipinski definition) is 1. The second-order valence-electron chi connectivity index (χ2n) is 13.8. The smallest absolute Gasteiger partial charge is 0.410 e. The highest BCUT2D eigenvalue weighted by molar-refractivity contribution is 6.10. The maximum absolute atomic E-state index is 14.4. The molecule has 6 heteroatoms. The van der Waals surface area contributed by atoms with Crippen LogP contribution in [0.5, 0.6) is 0 Å². The fourth-order valence-electron chi connectivity index (χ4n) is 8.15. The van der Waals surface area contributed by atoms with Gasteiger partial charge in [-0.15, -0.1) is 0 Å². The number of rotatable bonds is 7. The number of hydrogen-bond acceptors (Lipinski definition) is 5. The number of benzene rings is 3. The number of aliphatic hydroxyl groups excluding tert-OH is 1. The topological polar surface area (TPSA) is 76.1 Å². The summed E-state index contributed by atoms with van der Waals surface area (Å²) in [6, 6.07) is 24.3. The molecule has 1 N–H and O–H groups in total. The minimum absolute atomic E-state index is 0.0123. The molecular weight excluding hydrogens is 574 g/mol. The minimum atomic E-state index is -0.632. The average molecular weight is 622 g/mol. The number of amides is 1. The van der Waals surface area contributed by atoms with Crippen LogP contribution in [0.15, 0.2) is 84.4 Å². The summed E-state index contributed by atoms with van der Waals surface area (Å²) in [7, 11) is 1.68. The Morgan fingerprint density at radius 1 is 1.02 bits per heavy atom. The van der Waals surface area contributed by atoms with Gasteiger partial charge in [-0.1, -0.05) is 85.3 Å². The van der Waals surface area contributed by atoms with Crippen LogP contribution in [0.2, 0.25) is 0 Å². The van der Waals surface area contributed by atoms with Gasteiger partial charge in [0.15, 0.2) is 5.78 Å². The number of fused-ring (bicyclic) bond motifs is 8. The van der Waals surface area contributed by atoms with Crippen LogP contribution >= 0.6 is 0 Å². The van der Waals surface area contributed by atoms with Crippen molar-refractivity contribution in [1.29, 1.82) is 0 Å². The third-order valence-corrected chi connectivity index (χ3v) is 10.9. The van der Waals surface area contributed by atoms with Crippen molar-refractivity contribution in [2.24, 2.45) is 5.41 Å². The van der Waals surface area contributed by atoms with E-state index < -0.39 is 11.7 Å². The number of carbonyl (C=O) groups is 2. The lowest BCUT2D eigenvalue weighted by molar-refractivity contribution is -0.0373. The molecule has 1 aliphatic heterocycles. The molecule has 46 heavy (non-hydrogen) atoms.